The molecule has 0 aliphatic carbocycles. The van der Waals surface area contributed by atoms with E-state index in [4.69, 9.17) is 0 Å². The SMILES string of the molecule is Cc1c(CNC(=O)c2ccc(-c3ccccc3)nc2)c(=O)n(-c2ccccc2)n1C. The van der Waals surface area contributed by atoms with E-state index in [1.807, 2.05) is 80.7 Å². The Labute approximate surface area is 174 Å². The number of pyridine rings is 1. The Kier molecular flexibility index (Phi) is 5.30. The van der Waals surface area contributed by atoms with E-state index in [9.17, 15) is 9.59 Å². The van der Waals surface area contributed by atoms with Crippen LogP contribution in [-0.4, -0.2) is 20.3 Å². The van der Waals surface area contributed by atoms with Crippen LogP contribution in [0.5, 0.6) is 0 Å². The maximum atomic E-state index is 12.9. The van der Waals surface area contributed by atoms with Gasteiger partial charge in [0.15, 0.2) is 0 Å². The summed E-state index contributed by atoms with van der Waals surface area (Å²) in [6.45, 7) is 2.02. The molecule has 1 amide bonds. The summed E-state index contributed by atoms with van der Waals surface area (Å²) in [5.41, 5.74) is 4.25. The zero-order chi connectivity index (χ0) is 21.1. The summed E-state index contributed by atoms with van der Waals surface area (Å²) in [5, 5.41) is 2.84. The zero-order valence-corrected chi connectivity index (χ0v) is 16.9. The van der Waals surface area contributed by atoms with Gasteiger partial charge in [-0.25, -0.2) is 4.68 Å². The molecule has 0 aliphatic heterocycles. The second-order valence-electron chi connectivity index (χ2n) is 7.02. The van der Waals surface area contributed by atoms with Crippen LogP contribution in [0.1, 0.15) is 21.6 Å². The van der Waals surface area contributed by atoms with E-state index in [0.29, 0.717) is 11.1 Å². The van der Waals surface area contributed by atoms with Gasteiger partial charge in [0.2, 0.25) is 0 Å². The molecule has 0 spiro atoms. The number of hydrogen-bond acceptors (Lipinski definition) is 3. The first-order chi connectivity index (χ1) is 14.6. The molecule has 6 nitrogen and oxygen atoms in total. The van der Waals surface area contributed by atoms with Crippen LogP contribution < -0.4 is 10.9 Å². The predicted octanol–water partition coefficient (Wildman–Crippen LogP) is 3.48. The molecule has 0 radical (unpaired) electrons. The molecule has 0 saturated carbocycles. The average Bonchev–Trinajstić information content (AvgIpc) is 3.01. The van der Waals surface area contributed by atoms with Gasteiger partial charge < -0.3 is 5.32 Å². The van der Waals surface area contributed by atoms with Gasteiger partial charge in [0.1, 0.15) is 0 Å². The highest BCUT2D eigenvalue weighted by Crippen LogP contribution is 2.16. The van der Waals surface area contributed by atoms with Crippen molar-refractivity contribution < 1.29 is 4.79 Å². The Hall–Kier alpha value is -3.93. The first kappa shape index (κ1) is 19.4. The van der Waals surface area contributed by atoms with Crippen molar-refractivity contribution >= 4 is 5.91 Å². The maximum absolute atomic E-state index is 12.9. The Balaban J connectivity index is 1.51. The van der Waals surface area contributed by atoms with Gasteiger partial charge in [0.05, 0.1) is 29.1 Å². The lowest BCUT2D eigenvalue weighted by Crippen LogP contribution is -2.27. The topological polar surface area (TPSA) is 68.9 Å². The number of rotatable bonds is 5. The molecular weight excluding hydrogens is 376 g/mol. The molecule has 0 unspecified atom stereocenters. The summed E-state index contributed by atoms with van der Waals surface area (Å²) >= 11 is 0. The molecule has 0 aliphatic rings. The van der Waals surface area contributed by atoms with Crippen LogP contribution in [0.25, 0.3) is 16.9 Å². The highest BCUT2D eigenvalue weighted by Gasteiger charge is 2.17. The number of carbonyl (C=O) groups excluding carboxylic acids is 1. The Morgan fingerprint density at radius 3 is 2.27 bits per heavy atom. The summed E-state index contributed by atoms with van der Waals surface area (Å²) in [6, 6.07) is 22.8. The average molecular weight is 398 g/mol. The van der Waals surface area contributed by atoms with Crippen molar-refractivity contribution in [2.24, 2.45) is 7.05 Å². The van der Waals surface area contributed by atoms with Gasteiger partial charge in [-0.15, -0.1) is 0 Å². The number of nitrogens with zero attached hydrogens (tertiary/aromatic N) is 3. The van der Waals surface area contributed by atoms with Crippen molar-refractivity contribution in [1.29, 1.82) is 0 Å². The fraction of sp³-hybridized carbons (Fsp3) is 0.125. The lowest BCUT2D eigenvalue weighted by atomic mass is 10.1. The van der Waals surface area contributed by atoms with E-state index < -0.39 is 0 Å². The third-order valence-corrected chi connectivity index (χ3v) is 5.19. The van der Waals surface area contributed by atoms with Gasteiger partial charge in [0, 0.05) is 24.5 Å². The molecule has 2 heterocycles. The van der Waals surface area contributed by atoms with E-state index >= 15 is 0 Å². The normalized spacial score (nSPS) is 10.7. The monoisotopic (exact) mass is 398 g/mol. The minimum Gasteiger partial charge on any atom is -0.348 e. The number of nitrogens with one attached hydrogen (secondary N) is 1. The van der Waals surface area contributed by atoms with Crippen LogP contribution in [0.2, 0.25) is 0 Å². The second kappa shape index (κ2) is 8.21. The highest BCUT2D eigenvalue weighted by atomic mass is 16.2. The lowest BCUT2D eigenvalue weighted by Gasteiger charge is -2.07. The molecule has 30 heavy (non-hydrogen) atoms. The van der Waals surface area contributed by atoms with Crippen LogP contribution in [0.4, 0.5) is 0 Å². The van der Waals surface area contributed by atoms with Crippen LogP contribution in [0.15, 0.2) is 83.8 Å². The standard InChI is InChI=1S/C24H22N4O2/c1-17-21(24(30)28(27(17)2)20-11-7-4-8-12-20)16-26-23(29)19-13-14-22(25-15-19)18-9-5-3-6-10-18/h3-15H,16H2,1-2H3,(H,26,29). The van der Waals surface area contributed by atoms with E-state index in [-0.39, 0.29) is 18.0 Å². The third-order valence-electron chi connectivity index (χ3n) is 5.19. The molecule has 150 valence electrons. The maximum Gasteiger partial charge on any atom is 0.276 e. The van der Waals surface area contributed by atoms with Gasteiger partial charge in [-0.3, -0.25) is 19.3 Å². The first-order valence-electron chi connectivity index (χ1n) is 9.69. The molecule has 0 fully saturated rings. The molecule has 4 rings (SSSR count). The largest absolute Gasteiger partial charge is 0.348 e. The number of benzene rings is 2. The Morgan fingerprint density at radius 2 is 1.63 bits per heavy atom. The van der Waals surface area contributed by atoms with Crippen LogP contribution >= 0.6 is 0 Å². The number of aromatic nitrogens is 3. The van der Waals surface area contributed by atoms with E-state index in [2.05, 4.69) is 10.3 Å². The Bertz CT molecular complexity index is 1220. The van der Waals surface area contributed by atoms with Crippen LogP contribution in [0, 0.1) is 6.92 Å². The predicted molar refractivity (Wildman–Crippen MR) is 117 cm³/mol. The van der Waals surface area contributed by atoms with Gasteiger partial charge in [0.25, 0.3) is 11.5 Å². The molecule has 4 aromatic rings. The van der Waals surface area contributed by atoms with Gasteiger partial charge in [-0.2, -0.15) is 0 Å². The number of amides is 1. The van der Waals surface area contributed by atoms with Crippen LogP contribution in [0.3, 0.4) is 0 Å². The molecule has 6 heteroatoms. The van der Waals surface area contributed by atoms with Crippen molar-refractivity contribution in [1.82, 2.24) is 19.7 Å². The zero-order valence-electron chi connectivity index (χ0n) is 16.9. The van der Waals surface area contributed by atoms with E-state index in [1.54, 1.807) is 21.6 Å². The van der Waals surface area contributed by atoms with Gasteiger partial charge in [-0.05, 0) is 31.2 Å². The molecule has 2 aromatic carbocycles. The van der Waals surface area contributed by atoms with Crippen molar-refractivity contribution in [3.8, 4) is 16.9 Å². The number of carbonyl (C=O) groups is 1. The molecular formula is C24H22N4O2. The summed E-state index contributed by atoms with van der Waals surface area (Å²) in [4.78, 5) is 29.9. The molecule has 0 atom stereocenters. The summed E-state index contributed by atoms with van der Waals surface area (Å²) in [5.74, 6) is -0.268. The summed E-state index contributed by atoms with van der Waals surface area (Å²) in [7, 11) is 1.83. The highest BCUT2D eigenvalue weighted by molar-refractivity contribution is 5.94. The summed E-state index contributed by atoms with van der Waals surface area (Å²) in [6.07, 6.45) is 1.55. The third kappa shape index (κ3) is 3.67. The van der Waals surface area contributed by atoms with Crippen molar-refractivity contribution in [3.05, 3.63) is 106 Å². The van der Waals surface area contributed by atoms with E-state index in [1.165, 1.54) is 0 Å². The van der Waals surface area contributed by atoms with Gasteiger partial charge in [-0.1, -0.05) is 48.5 Å². The molecule has 0 saturated heterocycles. The number of para-hydroxylation sites is 1. The smallest absolute Gasteiger partial charge is 0.276 e. The van der Waals surface area contributed by atoms with Crippen LogP contribution in [-0.2, 0) is 13.6 Å². The van der Waals surface area contributed by atoms with Crippen molar-refractivity contribution in [2.45, 2.75) is 13.5 Å². The van der Waals surface area contributed by atoms with E-state index in [0.717, 1.165) is 22.6 Å². The van der Waals surface area contributed by atoms with Crippen molar-refractivity contribution in [3.63, 3.8) is 0 Å². The van der Waals surface area contributed by atoms with Gasteiger partial charge >= 0.3 is 0 Å². The fourth-order valence-electron chi connectivity index (χ4n) is 3.41. The second-order valence-corrected chi connectivity index (χ2v) is 7.02. The lowest BCUT2D eigenvalue weighted by molar-refractivity contribution is 0.0950. The molecule has 1 N–H and O–H groups in total. The quantitative estimate of drug-likeness (QED) is 0.560. The minimum absolute atomic E-state index is 0.140. The minimum atomic E-state index is -0.268. The molecule has 0 bridgehead atoms. The molecule has 2 aromatic heterocycles. The first-order valence-corrected chi connectivity index (χ1v) is 9.69. The summed E-state index contributed by atoms with van der Waals surface area (Å²) < 4.78 is 3.41. The number of hydrogen-bond donors (Lipinski definition) is 1. The Morgan fingerprint density at radius 1 is 0.967 bits per heavy atom. The fourth-order valence-corrected chi connectivity index (χ4v) is 3.41. The van der Waals surface area contributed by atoms with Crippen molar-refractivity contribution in [2.75, 3.05) is 0 Å².